The van der Waals surface area contributed by atoms with Crippen molar-refractivity contribution in [1.29, 1.82) is 0 Å². The maximum absolute atomic E-state index is 9.00. The predicted octanol–water partition coefficient (Wildman–Crippen LogP) is 2.06. The first-order valence-electron chi connectivity index (χ1n) is 3.98. The fourth-order valence-electron chi connectivity index (χ4n) is 0.453. The first-order chi connectivity index (χ1) is 6.13. The molecule has 0 saturated heterocycles. The number of benzene rings is 1. The number of rotatable bonds is 0. The molecule has 0 unspecified atom stereocenters. The maximum Gasteiger partial charge on any atom is 0.309 e. The monoisotopic (exact) mass is 189 g/mol. The molecule has 13 heavy (non-hydrogen) atoms. The van der Waals surface area contributed by atoms with Crippen molar-refractivity contribution < 1.29 is 9.07 Å². The van der Waals surface area contributed by atoms with E-state index in [1.54, 1.807) is 0 Å². The number of para-hydroxylation sites is 1. The summed E-state index contributed by atoms with van der Waals surface area (Å²) in [6.45, 7) is 4.00. The summed E-state index contributed by atoms with van der Waals surface area (Å²) in [7, 11) is 0. The number of anilines is 1. The minimum Gasteiger partial charge on any atom is -0.399 e. The molecular formula is C9H23N3O. The van der Waals surface area contributed by atoms with Gasteiger partial charge in [0.2, 0.25) is 0 Å². The van der Waals surface area contributed by atoms with Gasteiger partial charge in [0.05, 0.1) is 0 Å². The second kappa shape index (κ2) is 10.3. The highest BCUT2D eigenvalue weighted by Gasteiger charge is 1.72. The second-order valence-corrected chi connectivity index (χ2v) is 1.81. The molecule has 2 amide bonds. The van der Waals surface area contributed by atoms with Crippen LogP contribution >= 0.6 is 0 Å². The highest BCUT2D eigenvalue weighted by atomic mass is 16.2. The van der Waals surface area contributed by atoms with E-state index in [-0.39, 0.29) is 4.28 Å². The molecule has 0 aliphatic carbocycles. The molecule has 0 bridgehead atoms. The zero-order valence-corrected chi connectivity index (χ0v) is 8.03. The molecule has 0 spiro atoms. The van der Waals surface area contributed by atoms with Crippen LogP contribution < -0.4 is 17.2 Å². The molecule has 6 N–H and O–H groups in total. The van der Waals surface area contributed by atoms with Crippen molar-refractivity contribution in [3.63, 3.8) is 0 Å². The number of hydrogen-bond donors (Lipinski definition) is 3. The van der Waals surface area contributed by atoms with E-state index in [9.17, 15) is 0 Å². The molecule has 1 aromatic rings. The Hall–Kier alpha value is -1.71. The van der Waals surface area contributed by atoms with Gasteiger partial charge in [0.25, 0.3) is 0 Å². The Morgan fingerprint density at radius 2 is 1.46 bits per heavy atom. The van der Waals surface area contributed by atoms with Gasteiger partial charge in [0.15, 0.2) is 0 Å². The summed E-state index contributed by atoms with van der Waals surface area (Å²) in [5.41, 5.74) is 14.7. The van der Waals surface area contributed by atoms with E-state index in [2.05, 4.69) is 11.5 Å². The van der Waals surface area contributed by atoms with Crippen LogP contribution in [0.4, 0.5) is 10.5 Å². The highest BCUT2D eigenvalue weighted by Crippen LogP contribution is 1.95. The molecule has 1 rings (SSSR count). The third-order valence-electron chi connectivity index (χ3n) is 0.800. The third kappa shape index (κ3) is 17.9. The van der Waals surface area contributed by atoms with Crippen LogP contribution in [0.5, 0.6) is 0 Å². The van der Waals surface area contributed by atoms with Crippen molar-refractivity contribution >= 4 is 11.7 Å². The fraction of sp³-hybridized carbons (Fsp3) is 0.222. The summed E-state index contributed by atoms with van der Waals surface area (Å²) in [6, 6.07) is 8.65. The number of amides is 2. The zero-order chi connectivity index (χ0) is 10.7. The predicted molar refractivity (Wildman–Crippen MR) is 62.3 cm³/mol. The lowest BCUT2D eigenvalue weighted by atomic mass is 10.3. The number of urea groups is 1. The molecule has 0 radical (unpaired) electrons. The highest BCUT2D eigenvalue weighted by molar-refractivity contribution is 5.69. The first-order valence-corrected chi connectivity index (χ1v) is 3.98. The zero-order valence-electron chi connectivity index (χ0n) is 8.03. The van der Waals surface area contributed by atoms with Crippen LogP contribution in [0.2, 0.25) is 0 Å². The molecule has 0 fully saturated rings. The van der Waals surface area contributed by atoms with E-state index in [1.807, 2.05) is 44.2 Å². The van der Waals surface area contributed by atoms with Crippen LogP contribution in [0, 0.1) is 0 Å². The Bertz CT molecular complexity index is 218. The standard InChI is InChI=1S/C6H7N.C2H6.CH4N2O.3H2/c7-6-4-2-1-3-5-6;1-2;2-1(3)4;;;/h1-5H,7H2;1-2H3;(H4,2,3,4);3*1H. The molecule has 4 heteroatoms. The minimum absolute atomic E-state index is 0. The van der Waals surface area contributed by atoms with Gasteiger partial charge >= 0.3 is 6.03 Å². The molecule has 0 aliphatic rings. The summed E-state index contributed by atoms with van der Waals surface area (Å²) < 4.78 is 0. The van der Waals surface area contributed by atoms with Crippen molar-refractivity contribution in [1.82, 2.24) is 0 Å². The number of nitrogens with two attached hydrogens (primary N) is 3. The summed E-state index contributed by atoms with van der Waals surface area (Å²) in [5, 5.41) is 0. The lowest BCUT2D eigenvalue weighted by molar-refractivity contribution is 0.256. The number of carbonyl (C=O) groups is 1. The summed E-state index contributed by atoms with van der Waals surface area (Å²) >= 11 is 0. The van der Waals surface area contributed by atoms with Gasteiger partial charge in [-0.05, 0) is 12.1 Å². The van der Waals surface area contributed by atoms with E-state index >= 15 is 0 Å². The molecule has 0 aliphatic heterocycles. The Labute approximate surface area is 83.2 Å². The van der Waals surface area contributed by atoms with E-state index in [0.29, 0.717) is 0 Å². The van der Waals surface area contributed by atoms with Crippen LogP contribution in [0.1, 0.15) is 18.1 Å². The molecule has 4 nitrogen and oxygen atoms in total. The fourth-order valence-corrected chi connectivity index (χ4v) is 0.453. The number of nitrogen functional groups attached to an aromatic ring is 1. The molecule has 80 valence electrons. The van der Waals surface area contributed by atoms with Gasteiger partial charge < -0.3 is 17.2 Å². The van der Waals surface area contributed by atoms with Crippen LogP contribution in [-0.2, 0) is 0 Å². The average Bonchev–Trinajstić information content (AvgIpc) is 2.08. The van der Waals surface area contributed by atoms with E-state index in [1.165, 1.54) is 0 Å². The molecule has 0 atom stereocenters. The summed E-state index contributed by atoms with van der Waals surface area (Å²) in [5.74, 6) is 0. The van der Waals surface area contributed by atoms with Gasteiger partial charge in [0.1, 0.15) is 0 Å². The summed E-state index contributed by atoms with van der Waals surface area (Å²) in [6.07, 6.45) is 0. The Kier molecular flexibility index (Phi) is 11.0. The quantitative estimate of drug-likeness (QED) is 0.545. The SMILES string of the molecule is CC.NC(N)=O.Nc1ccccc1.[HH].[HH].[HH]. The van der Waals surface area contributed by atoms with Gasteiger partial charge in [-0.15, -0.1) is 0 Å². The van der Waals surface area contributed by atoms with E-state index in [0.717, 1.165) is 5.69 Å². The van der Waals surface area contributed by atoms with E-state index < -0.39 is 6.03 Å². The second-order valence-electron chi connectivity index (χ2n) is 1.81. The third-order valence-corrected chi connectivity index (χ3v) is 0.800. The number of hydrogen-bond acceptors (Lipinski definition) is 2. The van der Waals surface area contributed by atoms with E-state index in [4.69, 9.17) is 10.5 Å². The van der Waals surface area contributed by atoms with Crippen LogP contribution in [-0.4, -0.2) is 6.03 Å². The van der Waals surface area contributed by atoms with Crippen LogP contribution in [0.25, 0.3) is 0 Å². The maximum atomic E-state index is 9.00. The van der Waals surface area contributed by atoms with Gasteiger partial charge in [-0.3, -0.25) is 0 Å². The largest absolute Gasteiger partial charge is 0.399 e. The molecule has 0 aromatic heterocycles. The van der Waals surface area contributed by atoms with Crippen LogP contribution in [0.15, 0.2) is 30.3 Å². The minimum atomic E-state index is -0.833. The van der Waals surface area contributed by atoms with Crippen molar-refractivity contribution in [3.05, 3.63) is 30.3 Å². The molecule has 0 heterocycles. The smallest absolute Gasteiger partial charge is 0.309 e. The van der Waals surface area contributed by atoms with Gasteiger partial charge in [-0.2, -0.15) is 0 Å². The van der Waals surface area contributed by atoms with Gasteiger partial charge in [-0.1, -0.05) is 32.0 Å². The lowest BCUT2D eigenvalue weighted by Crippen LogP contribution is -2.18. The topological polar surface area (TPSA) is 95.1 Å². The Morgan fingerprint density at radius 1 is 1.15 bits per heavy atom. The van der Waals surface area contributed by atoms with Crippen LogP contribution in [0.3, 0.4) is 0 Å². The molecular weight excluding hydrogens is 166 g/mol. The number of primary amides is 2. The molecule has 0 saturated carbocycles. The van der Waals surface area contributed by atoms with Crippen molar-refractivity contribution in [2.45, 2.75) is 13.8 Å². The normalized spacial score (nSPS) is 6.92. The average molecular weight is 189 g/mol. The Balaban J connectivity index is -0.0000000403. The van der Waals surface area contributed by atoms with Gasteiger partial charge in [0, 0.05) is 9.97 Å². The lowest BCUT2D eigenvalue weighted by Gasteiger charge is -1.83. The summed E-state index contributed by atoms with van der Waals surface area (Å²) in [4.78, 5) is 9.00. The Morgan fingerprint density at radius 3 is 1.62 bits per heavy atom. The first kappa shape index (κ1) is 13.9. The van der Waals surface area contributed by atoms with Gasteiger partial charge in [-0.25, -0.2) is 4.79 Å². The van der Waals surface area contributed by atoms with Crippen molar-refractivity contribution in [3.8, 4) is 0 Å². The molecule has 1 aromatic carbocycles. The number of carbonyl (C=O) groups excluding carboxylic acids is 1. The van der Waals surface area contributed by atoms with Crippen molar-refractivity contribution in [2.75, 3.05) is 5.73 Å². The van der Waals surface area contributed by atoms with Crippen molar-refractivity contribution in [2.24, 2.45) is 11.5 Å².